The fourth-order valence-electron chi connectivity index (χ4n) is 3.35. The van der Waals surface area contributed by atoms with E-state index in [1.807, 2.05) is 0 Å². The summed E-state index contributed by atoms with van der Waals surface area (Å²) < 4.78 is 7.76. The van der Waals surface area contributed by atoms with Crippen LogP contribution < -0.4 is 21.4 Å². The molecule has 4 rings (SSSR count). The van der Waals surface area contributed by atoms with Crippen molar-refractivity contribution in [2.45, 2.75) is 20.0 Å². The van der Waals surface area contributed by atoms with Crippen molar-refractivity contribution >= 4 is 40.8 Å². The van der Waals surface area contributed by atoms with Crippen LogP contribution in [0.4, 0.5) is 11.6 Å². The quantitative estimate of drug-likeness (QED) is 0.298. The second kappa shape index (κ2) is 11.3. The molecular weight excluding hydrogens is 521 g/mol. The average Bonchev–Trinajstić information content (AvgIpc) is 2.86. The van der Waals surface area contributed by atoms with E-state index in [1.165, 1.54) is 11.5 Å². The third-order valence-corrected chi connectivity index (χ3v) is 5.77. The molecule has 0 unspecified atom stereocenters. The molecule has 0 aliphatic heterocycles. The van der Waals surface area contributed by atoms with E-state index in [0.717, 1.165) is 10.1 Å². The Bertz CT molecular complexity index is 1540. The van der Waals surface area contributed by atoms with Gasteiger partial charge in [-0.05, 0) is 48.0 Å². The van der Waals surface area contributed by atoms with Gasteiger partial charge in [0.2, 0.25) is 11.8 Å². The highest BCUT2D eigenvalue weighted by molar-refractivity contribution is 6.30. The molecule has 2 aromatic heterocycles. The minimum Gasteiger partial charge on any atom is -0.481 e. The number of anilines is 2. The molecule has 0 fully saturated rings. The maximum Gasteiger partial charge on any atom is 0.354 e. The van der Waals surface area contributed by atoms with E-state index in [4.69, 9.17) is 27.9 Å². The Morgan fingerprint density at radius 3 is 2.35 bits per heavy atom. The highest BCUT2D eigenvalue weighted by Crippen LogP contribution is 2.24. The molecule has 0 radical (unpaired) electrons. The van der Waals surface area contributed by atoms with Crippen LogP contribution in [-0.2, 0) is 17.9 Å². The summed E-state index contributed by atoms with van der Waals surface area (Å²) in [5, 5.41) is 13.1. The van der Waals surface area contributed by atoms with Crippen molar-refractivity contribution < 1.29 is 14.6 Å². The number of halogens is 2. The van der Waals surface area contributed by atoms with Crippen LogP contribution in [-0.4, -0.2) is 30.2 Å². The van der Waals surface area contributed by atoms with Crippen LogP contribution in [0.3, 0.4) is 0 Å². The second-order valence-corrected chi connectivity index (χ2v) is 8.94. The van der Waals surface area contributed by atoms with E-state index >= 15 is 0 Å². The molecule has 0 aliphatic carbocycles. The van der Waals surface area contributed by atoms with Gasteiger partial charge < -0.3 is 15.2 Å². The summed E-state index contributed by atoms with van der Waals surface area (Å²) in [6.07, 6.45) is 0. The zero-order valence-electron chi connectivity index (χ0n) is 19.5. The number of benzene rings is 2. The lowest BCUT2D eigenvalue weighted by Gasteiger charge is -2.17. The standard InChI is InChI=1S/C25H21Cl2N5O5/c1-15(22(33)34)13-32-24(35)30-23(31(25(32)36)14-16-5-7-17(26)8-6-16)28-18-9-11-19(12-10-18)37-21-4-2-3-20(27)29-21/h2-12,15H,13-14H2,1H3,(H,33,34)(H,28,30,35)/t15-/m0/s1. The highest BCUT2D eigenvalue weighted by Gasteiger charge is 2.19. The SMILES string of the molecule is C[C@@H](Cn1c(=O)nc(Nc2ccc(Oc3cccc(Cl)n3)cc2)n(Cc2ccc(Cl)cc2)c1=O)C(=O)O. The number of pyridine rings is 1. The summed E-state index contributed by atoms with van der Waals surface area (Å²) in [5.41, 5.74) is -0.303. The lowest BCUT2D eigenvalue weighted by Crippen LogP contribution is -2.44. The molecule has 1 atom stereocenters. The van der Waals surface area contributed by atoms with Gasteiger partial charge in [-0.3, -0.25) is 9.36 Å². The molecule has 0 amide bonds. The minimum atomic E-state index is -1.13. The van der Waals surface area contributed by atoms with Crippen molar-refractivity contribution in [1.82, 2.24) is 19.1 Å². The Morgan fingerprint density at radius 1 is 1.00 bits per heavy atom. The average molecular weight is 542 g/mol. The molecule has 0 saturated carbocycles. The van der Waals surface area contributed by atoms with Crippen molar-refractivity contribution in [2.24, 2.45) is 5.92 Å². The molecule has 2 heterocycles. The third-order valence-electron chi connectivity index (χ3n) is 5.30. The molecule has 12 heteroatoms. The molecule has 0 bridgehead atoms. The number of carboxylic acids is 1. The number of nitrogens with zero attached hydrogens (tertiary/aromatic N) is 4. The van der Waals surface area contributed by atoms with Crippen molar-refractivity contribution in [3.63, 3.8) is 0 Å². The highest BCUT2D eigenvalue weighted by atomic mass is 35.5. The Hall–Kier alpha value is -4.15. The first-order valence-electron chi connectivity index (χ1n) is 11.1. The first-order valence-corrected chi connectivity index (χ1v) is 11.8. The molecule has 0 spiro atoms. The molecule has 2 N–H and O–H groups in total. The van der Waals surface area contributed by atoms with Crippen LogP contribution in [0.25, 0.3) is 0 Å². The first kappa shape index (κ1) is 25.9. The van der Waals surface area contributed by atoms with E-state index in [-0.39, 0.29) is 19.0 Å². The molecule has 10 nitrogen and oxygen atoms in total. The van der Waals surface area contributed by atoms with Crippen LogP contribution in [0.15, 0.2) is 76.3 Å². The van der Waals surface area contributed by atoms with Crippen LogP contribution in [0.1, 0.15) is 12.5 Å². The van der Waals surface area contributed by atoms with Gasteiger partial charge in [-0.25, -0.2) is 19.1 Å². The van der Waals surface area contributed by atoms with Crippen molar-refractivity contribution in [3.8, 4) is 11.6 Å². The number of ether oxygens (including phenoxy) is 1. The number of aliphatic carboxylic acids is 1. The topological polar surface area (TPSA) is 128 Å². The lowest BCUT2D eigenvalue weighted by atomic mass is 10.2. The largest absolute Gasteiger partial charge is 0.481 e. The smallest absolute Gasteiger partial charge is 0.354 e. The van der Waals surface area contributed by atoms with Gasteiger partial charge >= 0.3 is 17.3 Å². The Kier molecular flexibility index (Phi) is 7.90. The Balaban J connectivity index is 1.65. The Labute approximate surface area is 220 Å². The molecule has 0 saturated heterocycles. The summed E-state index contributed by atoms with van der Waals surface area (Å²) in [6, 6.07) is 18.5. The number of carbonyl (C=O) groups is 1. The molecular formula is C25H21Cl2N5O5. The number of rotatable bonds is 9. The van der Waals surface area contributed by atoms with E-state index < -0.39 is 23.3 Å². The molecule has 37 heavy (non-hydrogen) atoms. The van der Waals surface area contributed by atoms with E-state index in [9.17, 15) is 19.5 Å². The summed E-state index contributed by atoms with van der Waals surface area (Å²) in [7, 11) is 0. The number of carboxylic acid groups (broad SMARTS) is 1. The third kappa shape index (κ3) is 6.54. The van der Waals surface area contributed by atoms with Gasteiger partial charge in [0.05, 0.1) is 12.5 Å². The van der Waals surface area contributed by atoms with Crippen LogP contribution in [0, 0.1) is 5.92 Å². The van der Waals surface area contributed by atoms with Crippen molar-refractivity contribution in [1.29, 1.82) is 0 Å². The second-order valence-electron chi connectivity index (χ2n) is 8.11. The zero-order valence-corrected chi connectivity index (χ0v) is 21.0. The van der Waals surface area contributed by atoms with E-state index in [1.54, 1.807) is 66.7 Å². The van der Waals surface area contributed by atoms with Crippen LogP contribution in [0.5, 0.6) is 11.6 Å². The number of aromatic nitrogens is 4. The normalized spacial score (nSPS) is 11.6. The van der Waals surface area contributed by atoms with Gasteiger partial charge in [0.15, 0.2) is 0 Å². The molecule has 2 aromatic carbocycles. The zero-order chi connectivity index (χ0) is 26.5. The first-order chi connectivity index (χ1) is 17.7. The van der Waals surface area contributed by atoms with Gasteiger partial charge in [0.1, 0.15) is 10.9 Å². The van der Waals surface area contributed by atoms with Gasteiger partial charge in [-0.1, -0.05) is 48.3 Å². The minimum absolute atomic E-state index is 0.00523. The molecule has 4 aromatic rings. The number of nitrogens with one attached hydrogen (secondary N) is 1. The van der Waals surface area contributed by atoms with Crippen molar-refractivity contribution in [3.05, 3.63) is 103 Å². The lowest BCUT2D eigenvalue weighted by molar-refractivity contribution is -0.141. The number of hydrogen-bond donors (Lipinski definition) is 2. The summed E-state index contributed by atoms with van der Waals surface area (Å²) in [6.45, 7) is 1.16. The molecule has 190 valence electrons. The monoisotopic (exact) mass is 541 g/mol. The fourth-order valence-corrected chi connectivity index (χ4v) is 3.63. The predicted molar refractivity (Wildman–Crippen MR) is 139 cm³/mol. The van der Waals surface area contributed by atoms with Gasteiger partial charge in [0.25, 0.3) is 0 Å². The van der Waals surface area contributed by atoms with Crippen LogP contribution >= 0.6 is 23.2 Å². The van der Waals surface area contributed by atoms with Gasteiger partial charge in [-0.2, -0.15) is 4.98 Å². The predicted octanol–water partition coefficient (Wildman–Crippen LogP) is 4.41. The van der Waals surface area contributed by atoms with Crippen LogP contribution in [0.2, 0.25) is 10.2 Å². The van der Waals surface area contributed by atoms with Gasteiger partial charge in [-0.15, -0.1) is 0 Å². The maximum absolute atomic E-state index is 13.3. The molecule has 0 aliphatic rings. The number of hydrogen-bond acceptors (Lipinski definition) is 7. The van der Waals surface area contributed by atoms with E-state index in [0.29, 0.717) is 27.5 Å². The van der Waals surface area contributed by atoms with Gasteiger partial charge in [0, 0.05) is 23.3 Å². The fraction of sp³-hybridized carbons (Fsp3) is 0.160. The Morgan fingerprint density at radius 2 is 1.70 bits per heavy atom. The van der Waals surface area contributed by atoms with E-state index in [2.05, 4.69) is 15.3 Å². The summed E-state index contributed by atoms with van der Waals surface area (Å²) in [5.74, 6) is -1.28. The summed E-state index contributed by atoms with van der Waals surface area (Å²) in [4.78, 5) is 45.4. The summed E-state index contributed by atoms with van der Waals surface area (Å²) >= 11 is 11.9. The maximum atomic E-state index is 13.3. The van der Waals surface area contributed by atoms with Crippen molar-refractivity contribution in [2.75, 3.05) is 5.32 Å².